The van der Waals surface area contributed by atoms with Gasteiger partial charge in [0, 0.05) is 22.6 Å². The summed E-state index contributed by atoms with van der Waals surface area (Å²) < 4.78 is 13.2. The summed E-state index contributed by atoms with van der Waals surface area (Å²) in [6.45, 7) is 6.18. The van der Waals surface area contributed by atoms with Gasteiger partial charge in [-0.25, -0.2) is 0 Å². The summed E-state index contributed by atoms with van der Waals surface area (Å²) in [7, 11) is 0. The van der Waals surface area contributed by atoms with Gasteiger partial charge in [0.15, 0.2) is 0 Å². The van der Waals surface area contributed by atoms with E-state index in [-0.39, 0.29) is 12.2 Å². The molecule has 2 rings (SSSR count). The Hall–Kier alpha value is -0.330. The number of rotatable bonds is 8. The summed E-state index contributed by atoms with van der Waals surface area (Å²) in [4.78, 5) is 0. The fraction of sp³-hybridized carbons (Fsp3) is 0.625. The highest BCUT2D eigenvalue weighted by Crippen LogP contribution is 2.29. The largest absolute Gasteiger partial charge is 0.488 e. The van der Waals surface area contributed by atoms with E-state index in [2.05, 4.69) is 53.9 Å². The zero-order valence-electron chi connectivity index (χ0n) is 12.3. The van der Waals surface area contributed by atoms with Gasteiger partial charge in [-0.15, -0.1) is 0 Å². The molecule has 1 aliphatic carbocycles. The van der Waals surface area contributed by atoms with Crippen molar-refractivity contribution in [2.45, 2.75) is 51.4 Å². The van der Waals surface area contributed by atoms with Crippen LogP contribution in [-0.2, 0) is 4.74 Å². The van der Waals surface area contributed by atoms with Crippen LogP contribution in [0.3, 0.4) is 0 Å². The third kappa shape index (κ3) is 4.33. The Bertz CT molecular complexity index is 396. The van der Waals surface area contributed by atoms with Gasteiger partial charge in [0.05, 0.1) is 0 Å². The predicted molar refractivity (Wildman–Crippen MR) is 90.3 cm³/mol. The van der Waals surface area contributed by atoms with Crippen molar-refractivity contribution in [3.8, 4) is 5.75 Å². The average molecular weight is 389 g/mol. The molecule has 112 valence electrons. The molecule has 3 nitrogen and oxygen atoms in total. The van der Waals surface area contributed by atoms with E-state index in [1.807, 2.05) is 12.1 Å². The quantitative estimate of drug-likeness (QED) is 0.690. The Kier molecular flexibility index (Phi) is 6.58. The van der Waals surface area contributed by atoms with Gasteiger partial charge in [-0.05, 0) is 66.2 Å². The van der Waals surface area contributed by atoms with Gasteiger partial charge in [-0.2, -0.15) is 0 Å². The highest BCUT2D eigenvalue weighted by Gasteiger charge is 2.43. The fourth-order valence-corrected chi connectivity index (χ4v) is 2.75. The first-order valence-electron chi connectivity index (χ1n) is 7.51. The Labute approximate surface area is 135 Å². The van der Waals surface area contributed by atoms with Crippen molar-refractivity contribution in [1.82, 2.24) is 5.32 Å². The van der Waals surface area contributed by atoms with Crippen LogP contribution < -0.4 is 10.1 Å². The van der Waals surface area contributed by atoms with Gasteiger partial charge in [-0.3, -0.25) is 0 Å². The van der Waals surface area contributed by atoms with E-state index < -0.39 is 0 Å². The molecule has 0 aliphatic heterocycles. The molecule has 0 bridgehead atoms. The highest BCUT2D eigenvalue weighted by molar-refractivity contribution is 14.1. The van der Waals surface area contributed by atoms with Crippen molar-refractivity contribution in [1.29, 1.82) is 0 Å². The standard InChI is InChI=1S/C16H24INO2/c1-3-9-18-14-11-15(16(14)19-10-4-2)20-13-7-5-12(17)6-8-13/h5-8,14-16,18H,3-4,9-11H2,1-2H3. The molecular formula is C16H24INO2. The number of hydrogen-bond acceptors (Lipinski definition) is 3. The monoisotopic (exact) mass is 389 g/mol. The van der Waals surface area contributed by atoms with Crippen molar-refractivity contribution in [3.63, 3.8) is 0 Å². The number of ether oxygens (including phenoxy) is 2. The molecule has 0 aromatic heterocycles. The molecule has 0 spiro atoms. The maximum atomic E-state index is 6.06. The summed E-state index contributed by atoms with van der Waals surface area (Å²) >= 11 is 2.30. The van der Waals surface area contributed by atoms with E-state index in [0.29, 0.717) is 6.04 Å². The maximum Gasteiger partial charge on any atom is 0.128 e. The highest BCUT2D eigenvalue weighted by atomic mass is 127. The van der Waals surface area contributed by atoms with Gasteiger partial charge in [0.1, 0.15) is 18.0 Å². The molecule has 1 fully saturated rings. The third-order valence-electron chi connectivity index (χ3n) is 3.52. The molecule has 1 aromatic carbocycles. The van der Waals surface area contributed by atoms with Crippen LogP contribution in [0.1, 0.15) is 33.1 Å². The van der Waals surface area contributed by atoms with Gasteiger partial charge < -0.3 is 14.8 Å². The lowest BCUT2D eigenvalue weighted by atomic mass is 9.85. The molecule has 4 heteroatoms. The number of benzene rings is 1. The van der Waals surface area contributed by atoms with Crippen LogP contribution in [0.5, 0.6) is 5.75 Å². The summed E-state index contributed by atoms with van der Waals surface area (Å²) in [6.07, 6.45) is 3.59. The molecular weight excluding hydrogens is 365 g/mol. The van der Waals surface area contributed by atoms with E-state index >= 15 is 0 Å². The number of halogens is 1. The van der Waals surface area contributed by atoms with Crippen LogP contribution in [-0.4, -0.2) is 31.4 Å². The minimum absolute atomic E-state index is 0.177. The molecule has 0 saturated heterocycles. The summed E-state index contributed by atoms with van der Waals surface area (Å²) in [5.41, 5.74) is 0. The first-order valence-corrected chi connectivity index (χ1v) is 8.59. The predicted octanol–water partition coefficient (Wildman–Crippen LogP) is 3.61. The normalized spacial score (nSPS) is 25.2. The van der Waals surface area contributed by atoms with E-state index in [0.717, 1.165) is 38.2 Å². The van der Waals surface area contributed by atoms with Gasteiger partial charge in [-0.1, -0.05) is 13.8 Å². The van der Waals surface area contributed by atoms with Crippen molar-refractivity contribution in [3.05, 3.63) is 27.8 Å². The number of hydrogen-bond donors (Lipinski definition) is 1. The smallest absolute Gasteiger partial charge is 0.128 e. The van der Waals surface area contributed by atoms with E-state index in [1.165, 1.54) is 3.57 Å². The Morgan fingerprint density at radius 2 is 1.95 bits per heavy atom. The Morgan fingerprint density at radius 3 is 2.60 bits per heavy atom. The third-order valence-corrected chi connectivity index (χ3v) is 4.24. The molecule has 3 unspecified atom stereocenters. The van der Waals surface area contributed by atoms with E-state index in [4.69, 9.17) is 9.47 Å². The molecule has 1 aromatic rings. The summed E-state index contributed by atoms with van der Waals surface area (Å²) in [5, 5.41) is 3.55. The second kappa shape index (κ2) is 8.20. The number of nitrogens with one attached hydrogen (secondary N) is 1. The zero-order valence-corrected chi connectivity index (χ0v) is 14.4. The lowest BCUT2D eigenvalue weighted by Crippen LogP contribution is -2.61. The topological polar surface area (TPSA) is 30.5 Å². The molecule has 3 atom stereocenters. The first-order chi connectivity index (χ1) is 9.74. The lowest BCUT2D eigenvalue weighted by Gasteiger charge is -2.44. The van der Waals surface area contributed by atoms with E-state index in [1.54, 1.807) is 0 Å². The fourth-order valence-electron chi connectivity index (χ4n) is 2.39. The summed E-state index contributed by atoms with van der Waals surface area (Å²) in [6, 6.07) is 8.65. The maximum absolute atomic E-state index is 6.06. The SMILES string of the molecule is CCCNC1CC(Oc2ccc(I)cc2)C1OCCC. The van der Waals surface area contributed by atoms with Crippen LogP contribution in [0.4, 0.5) is 0 Å². The van der Waals surface area contributed by atoms with Gasteiger partial charge >= 0.3 is 0 Å². The molecule has 20 heavy (non-hydrogen) atoms. The van der Waals surface area contributed by atoms with Crippen molar-refractivity contribution >= 4 is 22.6 Å². The minimum atomic E-state index is 0.177. The second-order valence-electron chi connectivity index (χ2n) is 5.24. The first kappa shape index (κ1) is 16.0. The Morgan fingerprint density at radius 1 is 1.20 bits per heavy atom. The molecule has 1 saturated carbocycles. The molecule has 0 amide bonds. The average Bonchev–Trinajstić information content (AvgIpc) is 2.44. The van der Waals surface area contributed by atoms with Crippen molar-refractivity contribution < 1.29 is 9.47 Å². The van der Waals surface area contributed by atoms with Crippen molar-refractivity contribution in [2.24, 2.45) is 0 Å². The van der Waals surface area contributed by atoms with Crippen LogP contribution >= 0.6 is 22.6 Å². The van der Waals surface area contributed by atoms with E-state index in [9.17, 15) is 0 Å². The van der Waals surface area contributed by atoms with Gasteiger partial charge in [0.25, 0.3) is 0 Å². The molecule has 1 N–H and O–H groups in total. The zero-order chi connectivity index (χ0) is 14.4. The summed E-state index contributed by atoms with van der Waals surface area (Å²) in [5.74, 6) is 0.939. The van der Waals surface area contributed by atoms with Crippen LogP contribution in [0.2, 0.25) is 0 Å². The van der Waals surface area contributed by atoms with Gasteiger partial charge in [0.2, 0.25) is 0 Å². The minimum Gasteiger partial charge on any atom is -0.488 e. The second-order valence-corrected chi connectivity index (χ2v) is 6.49. The van der Waals surface area contributed by atoms with Crippen LogP contribution in [0.25, 0.3) is 0 Å². The van der Waals surface area contributed by atoms with Crippen molar-refractivity contribution in [2.75, 3.05) is 13.2 Å². The van der Waals surface area contributed by atoms with Crippen LogP contribution in [0.15, 0.2) is 24.3 Å². The molecule has 1 aliphatic rings. The Balaban J connectivity index is 1.88. The van der Waals surface area contributed by atoms with Crippen LogP contribution in [0, 0.1) is 3.57 Å². The molecule has 0 heterocycles. The lowest BCUT2D eigenvalue weighted by molar-refractivity contribution is -0.107. The molecule has 0 radical (unpaired) electrons.